The number of fused-ring (bicyclic) bond motifs is 2. The van der Waals surface area contributed by atoms with Crippen molar-refractivity contribution in [2.24, 2.45) is 0 Å². The van der Waals surface area contributed by atoms with Gasteiger partial charge in [-0.2, -0.15) is 0 Å². The van der Waals surface area contributed by atoms with Crippen LogP contribution < -0.4 is 11.1 Å². The lowest BCUT2D eigenvalue weighted by Crippen LogP contribution is -2.22. The molecule has 53 heavy (non-hydrogen) atoms. The number of hydrogen-bond acceptors (Lipinski definition) is 4. The zero-order chi connectivity index (χ0) is 36.3. The number of hydrogen-bond donors (Lipinski definition) is 0. The summed E-state index contributed by atoms with van der Waals surface area (Å²) in [6, 6.07) is 49.2. The Morgan fingerprint density at radius 2 is 0.962 bits per heavy atom. The van der Waals surface area contributed by atoms with Gasteiger partial charge in [0.2, 0.25) is 0 Å². The van der Waals surface area contributed by atoms with E-state index in [1.807, 2.05) is 122 Å². The monoisotopic (exact) mass is 686 g/mol. The van der Waals surface area contributed by atoms with Crippen molar-refractivity contribution >= 4 is 27.5 Å². The molecule has 0 saturated carbocycles. The summed E-state index contributed by atoms with van der Waals surface area (Å²) in [5, 5.41) is 1.13. The van der Waals surface area contributed by atoms with Crippen LogP contribution in [0.1, 0.15) is 6.92 Å². The Bertz CT molecular complexity index is 2810. The topological polar surface area (TPSA) is 69.8 Å². The third-order valence-electron chi connectivity index (χ3n) is 9.33. The maximum Gasteiger partial charge on any atom is 0.266 e. The summed E-state index contributed by atoms with van der Waals surface area (Å²) in [6.07, 6.45) is 7.33. The third-order valence-corrected chi connectivity index (χ3v) is 9.33. The summed E-state index contributed by atoms with van der Waals surface area (Å²) in [5.41, 5.74) is 8.37. The van der Waals surface area contributed by atoms with E-state index in [9.17, 15) is 9.59 Å². The zero-order valence-corrected chi connectivity index (χ0v) is 29.1. The second kappa shape index (κ2) is 14.2. The maximum atomic E-state index is 13.7. The van der Waals surface area contributed by atoms with E-state index in [0.717, 1.165) is 39.1 Å². The molecular weight excluding hydrogens is 653 g/mol. The molecule has 0 bridgehead atoms. The van der Waals surface area contributed by atoms with Crippen LogP contribution in [0.5, 0.6) is 0 Å². The molecule has 254 valence electrons. The second-order valence-electron chi connectivity index (χ2n) is 12.6. The molecule has 0 unspecified atom stereocenters. The van der Waals surface area contributed by atoms with E-state index in [1.54, 1.807) is 21.3 Å². The van der Waals surface area contributed by atoms with Crippen LogP contribution in [-0.2, 0) is 0 Å². The van der Waals surface area contributed by atoms with Gasteiger partial charge in [-0.15, -0.1) is 0 Å². The molecule has 6 heteroatoms. The molecule has 0 saturated heterocycles. The van der Waals surface area contributed by atoms with E-state index < -0.39 is 0 Å². The van der Waals surface area contributed by atoms with Gasteiger partial charge in [-0.3, -0.25) is 18.7 Å². The largest absolute Gasteiger partial charge is 0.268 e. The molecule has 0 fully saturated rings. The number of nitrogens with zero attached hydrogens (tertiary/aromatic N) is 4. The predicted molar refractivity (Wildman–Crippen MR) is 218 cm³/mol. The number of benzene rings is 6. The lowest BCUT2D eigenvalue weighted by Gasteiger charge is -2.15. The standard InChI is InChI=1S/C47H34N4O2/c1-3-5-13-38(4-2)50-44(48-42-18-11-9-16-40(42)46(50)52)36-28-24-34(25-29-36)32-20-22-33(23-21-32)35-26-30-37(31-27-35)45-49-43-19-12-10-17-41(43)47(53)51(45)39-14-7-6-8-15-39/h3-31H,2H2,1H3/b5-3-,38-13+. The van der Waals surface area contributed by atoms with Gasteiger partial charge in [0.25, 0.3) is 11.1 Å². The number of allylic oxidation sites excluding steroid dienone is 5. The molecule has 8 aromatic rings. The van der Waals surface area contributed by atoms with Crippen LogP contribution in [-0.4, -0.2) is 19.1 Å². The third kappa shape index (κ3) is 6.23. The molecule has 0 radical (unpaired) electrons. The SMILES string of the molecule is C=C/C(=C\C=C/C)n1c(-c2ccc(-c3ccc(-c4ccc(-c5nc6ccccc6c(=O)n5-c5ccccc5)cc4)cc3)cc2)nc2ccccc2c1=O. The molecule has 8 rings (SSSR count). The summed E-state index contributed by atoms with van der Waals surface area (Å²) in [7, 11) is 0. The Labute approximate surface area is 306 Å². The van der Waals surface area contributed by atoms with Gasteiger partial charge in [-0.25, -0.2) is 9.97 Å². The second-order valence-corrected chi connectivity index (χ2v) is 12.6. The van der Waals surface area contributed by atoms with Crippen molar-refractivity contribution < 1.29 is 0 Å². The molecule has 0 amide bonds. The van der Waals surface area contributed by atoms with Crippen molar-refractivity contribution in [3.8, 4) is 50.7 Å². The van der Waals surface area contributed by atoms with Crippen LogP contribution in [0, 0.1) is 0 Å². The molecule has 0 aliphatic carbocycles. The fourth-order valence-corrected chi connectivity index (χ4v) is 6.62. The van der Waals surface area contributed by atoms with E-state index in [4.69, 9.17) is 9.97 Å². The summed E-state index contributed by atoms with van der Waals surface area (Å²) in [5.74, 6) is 1.14. The van der Waals surface area contributed by atoms with E-state index in [2.05, 4.69) is 55.1 Å². The van der Waals surface area contributed by atoms with Gasteiger partial charge in [0.1, 0.15) is 11.6 Å². The first-order valence-corrected chi connectivity index (χ1v) is 17.4. The van der Waals surface area contributed by atoms with Gasteiger partial charge in [0.15, 0.2) is 0 Å². The highest BCUT2D eigenvalue weighted by Gasteiger charge is 2.16. The zero-order valence-electron chi connectivity index (χ0n) is 29.1. The van der Waals surface area contributed by atoms with Crippen LogP contribution in [0.3, 0.4) is 0 Å². The lowest BCUT2D eigenvalue weighted by atomic mass is 9.98. The van der Waals surface area contributed by atoms with Crippen molar-refractivity contribution in [1.29, 1.82) is 0 Å². The highest BCUT2D eigenvalue weighted by molar-refractivity contribution is 5.83. The van der Waals surface area contributed by atoms with Crippen molar-refractivity contribution in [3.05, 3.63) is 203 Å². The molecule has 2 aromatic heterocycles. The van der Waals surface area contributed by atoms with E-state index >= 15 is 0 Å². The Hall–Kier alpha value is -7.18. The van der Waals surface area contributed by atoms with Gasteiger partial charge < -0.3 is 0 Å². The van der Waals surface area contributed by atoms with Gasteiger partial charge in [-0.05, 0) is 77.7 Å². The number of aromatic nitrogens is 4. The Morgan fingerprint density at radius 3 is 1.47 bits per heavy atom. The summed E-state index contributed by atoms with van der Waals surface area (Å²) >= 11 is 0. The average molecular weight is 687 g/mol. The molecule has 2 heterocycles. The number of rotatable bonds is 8. The fourth-order valence-electron chi connectivity index (χ4n) is 6.62. The molecule has 6 nitrogen and oxygen atoms in total. The van der Waals surface area contributed by atoms with Crippen molar-refractivity contribution in [1.82, 2.24) is 19.1 Å². The summed E-state index contributed by atoms with van der Waals surface area (Å²) < 4.78 is 3.31. The highest BCUT2D eigenvalue weighted by Crippen LogP contribution is 2.30. The van der Waals surface area contributed by atoms with Crippen molar-refractivity contribution in [2.45, 2.75) is 6.92 Å². The molecular formula is C47H34N4O2. The van der Waals surface area contributed by atoms with E-state index in [-0.39, 0.29) is 11.1 Å². The molecule has 0 aliphatic rings. The normalized spacial score (nSPS) is 11.8. The Balaban J connectivity index is 1.10. The molecule has 6 aromatic carbocycles. The minimum atomic E-state index is -0.145. The quantitative estimate of drug-likeness (QED) is 0.149. The van der Waals surface area contributed by atoms with E-state index in [0.29, 0.717) is 39.2 Å². The smallest absolute Gasteiger partial charge is 0.266 e. The van der Waals surface area contributed by atoms with Crippen LogP contribution in [0.15, 0.2) is 192 Å². The van der Waals surface area contributed by atoms with Crippen LogP contribution in [0.2, 0.25) is 0 Å². The fraction of sp³-hybridized carbons (Fsp3) is 0.0213. The first kappa shape index (κ1) is 33.0. The molecule has 0 atom stereocenters. The number of para-hydroxylation sites is 3. The van der Waals surface area contributed by atoms with Crippen LogP contribution in [0.4, 0.5) is 0 Å². The van der Waals surface area contributed by atoms with Crippen LogP contribution in [0.25, 0.3) is 78.2 Å². The maximum absolute atomic E-state index is 13.7. The molecule has 0 spiro atoms. The average Bonchev–Trinajstić information content (AvgIpc) is 3.22. The van der Waals surface area contributed by atoms with Gasteiger partial charge >= 0.3 is 0 Å². The Morgan fingerprint density at radius 1 is 0.528 bits per heavy atom. The highest BCUT2D eigenvalue weighted by atomic mass is 16.1. The molecule has 0 N–H and O–H groups in total. The van der Waals surface area contributed by atoms with Crippen molar-refractivity contribution in [3.63, 3.8) is 0 Å². The van der Waals surface area contributed by atoms with Gasteiger partial charge in [0.05, 0.1) is 33.2 Å². The lowest BCUT2D eigenvalue weighted by molar-refractivity contribution is 0.976. The summed E-state index contributed by atoms with van der Waals surface area (Å²) in [6.45, 7) is 5.90. The minimum Gasteiger partial charge on any atom is -0.268 e. The van der Waals surface area contributed by atoms with E-state index in [1.165, 1.54) is 0 Å². The summed E-state index contributed by atoms with van der Waals surface area (Å²) in [4.78, 5) is 37.3. The van der Waals surface area contributed by atoms with Crippen LogP contribution >= 0.6 is 0 Å². The first-order chi connectivity index (χ1) is 26.0. The Kier molecular flexibility index (Phi) is 8.85. The predicted octanol–water partition coefficient (Wildman–Crippen LogP) is 10.4. The molecule has 0 aliphatic heterocycles. The van der Waals surface area contributed by atoms with Gasteiger partial charge in [-0.1, -0.05) is 134 Å². The van der Waals surface area contributed by atoms with Gasteiger partial charge in [0, 0.05) is 11.1 Å². The minimum absolute atomic E-state index is 0.102. The first-order valence-electron chi connectivity index (χ1n) is 17.4. The van der Waals surface area contributed by atoms with Crippen molar-refractivity contribution in [2.75, 3.05) is 0 Å².